The molecule has 0 saturated heterocycles. The van der Waals surface area contributed by atoms with Crippen molar-refractivity contribution in [2.24, 2.45) is 0 Å². The Hall–Kier alpha value is -3.08. The van der Waals surface area contributed by atoms with Crippen molar-refractivity contribution in [3.8, 4) is 5.75 Å². The van der Waals surface area contributed by atoms with E-state index in [4.69, 9.17) is 4.74 Å². The van der Waals surface area contributed by atoms with Gasteiger partial charge in [0.25, 0.3) is 5.91 Å². The lowest BCUT2D eigenvalue weighted by Gasteiger charge is -2.07. The van der Waals surface area contributed by atoms with Crippen LogP contribution in [0.5, 0.6) is 5.75 Å². The summed E-state index contributed by atoms with van der Waals surface area (Å²) in [5.41, 5.74) is 1.62. The van der Waals surface area contributed by atoms with Gasteiger partial charge in [-0.1, -0.05) is 30.3 Å². The van der Waals surface area contributed by atoms with Crippen LogP contribution in [-0.2, 0) is 9.59 Å². The summed E-state index contributed by atoms with van der Waals surface area (Å²) < 4.78 is 5.35. The maximum absolute atomic E-state index is 11.9. The van der Waals surface area contributed by atoms with Crippen molar-refractivity contribution < 1.29 is 14.3 Å². The molecule has 0 fully saturated rings. The zero-order valence-electron chi connectivity index (χ0n) is 13.5. The second kappa shape index (κ2) is 9.15. The molecule has 0 bridgehead atoms. The van der Waals surface area contributed by atoms with Crippen molar-refractivity contribution in [1.82, 2.24) is 5.32 Å². The van der Waals surface area contributed by atoms with E-state index in [1.807, 2.05) is 37.3 Å². The highest BCUT2D eigenvalue weighted by Crippen LogP contribution is 2.15. The van der Waals surface area contributed by atoms with Gasteiger partial charge in [0.05, 0.1) is 0 Å². The quantitative estimate of drug-likeness (QED) is 0.770. The average Bonchev–Trinajstić information content (AvgIpc) is 2.60. The number of benzene rings is 2. The van der Waals surface area contributed by atoms with E-state index in [0.29, 0.717) is 18.0 Å². The van der Waals surface area contributed by atoms with Gasteiger partial charge in [0, 0.05) is 18.3 Å². The zero-order valence-corrected chi connectivity index (χ0v) is 13.5. The fourth-order valence-corrected chi connectivity index (χ4v) is 1.95. The maximum atomic E-state index is 11.9. The molecule has 0 aliphatic rings. The molecule has 0 aromatic heterocycles. The number of carbonyl (C=O) groups excluding carboxylic acids is 2. The highest BCUT2D eigenvalue weighted by molar-refractivity contribution is 6.01. The number of nitrogens with one attached hydrogen (secondary N) is 2. The van der Waals surface area contributed by atoms with Gasteiger partial charge in [0.2, 0.25) is 5.91 Å². The number of hydrogen-bond donors (Lipinski definition) is 2. The molecule has 2 rings (SSSR count). The summed E-state index contributed by atoms with van der Waals surface area (Å²) in [4.78, 5) is 23.2. The second-order valence-electron chi connectivity index (χ2n) is 5.00. The Morgan fingerprint density at radius 1 is 1.04 bits per heavy atom. The van der Waals surface area contributed by atoms with E-state index in [9.17, 15) is 9.59 Å². The van der Waals surface area contributed by atoms with Crippen LogP contribution in [0.4, 0.5) is 5.69 Å². The molecule has 124 valence electrons. The van der Waals surface area contributed by atoms with E-state index in [1.165, 1.54) is 6.08 Å². The summed E-state index contributed by atoms with van der Waals surface area (Å²) in [7, 11) is 0. The third-order valence-electron chi connectivity index (χ3n) is 3.09. The van der Waals surface area contributed by atoms with Gasteiger partial charge in [0.1, 0.15) is 5.75 Å². The lowest BCUT2D eigenvalue weighted by molar-refractivity contribution is -0.123. The molecule has 5 nitrogen and oxygen atoms in total. The Balaban J connectivity index is 1.83. The number of anilines is 1. The predicted octanol–water partition coefficient (Wildman–Crippen LogP) is 2.85. The van der Waals surface area contributed by atoms with Crippen molar-refractivity contribution in [3.05, 3.63) is 66.2 Å². The van der Waals surface area contributed by atoms with Gasteiger partial charge in [-0.25, -0.2) is 0 Å². The number of ether oxygens (including phenoxy) is 1. The smallest absolute Gasteiger partial charge is 0.257 e. The summed E-state index contributed by atoms with van der Waals surface area (Å²) in [6, 6.07) is 16.4. The second-order valence-corrected chi connectivity index (χ2v) is 5.00. The molecular weight excluding hydrogens is 304 g/mol. The average molecular weight is 324 g/mol. The molecule has 0 heterocycles. The van der Waals surface area contributed by atoms with E-state index < -0.39 is 0 Å². The van der Waals surface area contributed by atoms with E-state index in [-0.39, 0.29) is 18.4 Å². The van der Waals surface area contributed by atoms with Crippen LogP contribution in [0, 0.1) is 0 Å². The molecule has 0 aliphatic heterocycles. The van der Waals surface area contributed by atoms with Crippen LogP contribution < -0.4 is 15.4 Å². The Labute approximate surface area is 141 Å². The molecule has 2 amide bonds. The fourth-order valence-electron chi connectivity index (χ4n) is 1.95. The SMILES string of the molecule is CCNC(=O)COc1ccc(NC(=O)/C=C/c2ccccc2)cc1. The van der Waals surface area contributed by atoms with Gasteiger partial charge >= 0.3 is 0 Å². The number of likely N-dealkylation sites (N-methyl/N-ethyl adjacent to an activating group) is 1. The monoisotopic (exact) mass is 324 g/mol. The van der Waals surface area contributed by atoms with Gasteiger partial charge in [0.15, 0.2) is 6.61 Å². The molecule has 0 radical (unpaired) electrons. The first kappa shape index (κ1) is 17.3. The predicted molar refractivity (Wildman–Crippen MR) is 94.7 cm³/mol. The van der Waals surface area contributed by atoms with E-state index in [1.54, 1.807) is 30.3 Å². The fraction of sp³-hybridized carbons (Fsp3) is 0.158. The highest BCUT2D eigenvalue weighted by Gasteiger charge is 2.02. The van der Waals surface area contributed by atoms with Crippen molar-refractivity contribution in [2.75, 3.05) is 18.5 Å². The number of carbonyl (C=O) groups is 2. The summed E-state index contributed by atoms with van der Waals surface area (Å²) in [6.07, 6.45) is 3.23. The molecule has 2 aromatic rings. The van der Waals surface area contributed by atoms with Crippen LogP contribution in [0.25, 0.3) is 6.08 Å². The van der Waals surface area contributed by atoms with Gasteiger partial charge in [-0.05, 0) is 42.8 Å². The Bertz CT molecular complexity index is 694. The van der Waals surface area contributed by atoms with Gasteiger partial charge < -0.3 is 15.4 Å². The van der Waals surface area contributed by atoms with E-state index in [0.717, 1.165) is 5.56 Å². The summed E-state index contributed by atoms with van der Waals surface area (Å²) in [5.74, 6) is 0.190. The molecule has 0 unspecified atom stereocenters. The lowest BCUT2D eigenvalue weighted by Crippen LogP contribution is -2.28. The minimum atomic E-state index is -0.213. The summed E-state index contributed by atoms with van der Waals surface area (Å²) in [5, 5.41) is 5.42. The van der Waals surface area contributed by atoms with Crippen molar-refractivity contribution in [2.45, 2.75) is 6.92 Å². The van der Waals surface area contributed by atoms with Crippen LogP contribution in [0.2, 0.25) is 0 Å². The third-order valence-corrected chi connectivity index (χ3v) is 3.09. The highest BCUT2D eigenvalue weighted by atomic mass is 16.5. The van der Waals surface area contributed by atoms with Gasteiger partial charge in [-0.15, -0.1) is 0 Å². The normalized spacial score (nSPS) is 10.4. The number of amides is 2. The first-order valence-corrected chi connectivity index (χ1v) is 7.71. The van der Waals surface area contributed by atoms with Crippen molar-refractivity contribution >= 4 is 23.6 Å². The van der Waals surface area contributed by atoms with Crippen LogP contribution in [-0.4, -0.2) is 25.0 Å². The Morgan fingerprint density at radius 3 is 2.42 bits per heavy atom. The molecule has 0 atom stereocenters. The van der Waals surface area contributed by atoms with Crippen molar-refractivity contribution in [1.29, 1.82) is 0 Å². The first-order valence-electron chi connectivity index (χ1n) is 7.71. The first-order chi connectivity index (χ1) is 11.7. The topological polar surface area (TPSA) is 67.4 Å². The molecule has 5 heteroatoms. The summed E-state index contributed by atoms with van der Waals surface area (Å²) in [6.45, 7) is 2.39. The molecular formula is C19H20N2O3. The Kier molecular flexibility index (Phi) is 6.58. The minimum Gasteiger partial charge on any atom is -0.484 e. The largest absolute Gasteiger partial charge is 0.484 e. The van der Waals surface area contributed by atoms with Crippen LogP contribution in [0.15, 0.2) is 60.7 Å². The zero-order chi connectivity index (χ0) is 17.2. The van der Waals surface area contributed by atoms with Gasteiger partial charge in [-0.2, -0.15) is 0 Å². The molecule has 0 spiro atoms. The van der Waals surface area contributed by atoms with Crippen LogP contribution in [0.1, 0.15) is 12.5 Å². The number of rotatable bonds is 7. The van der Waals surface area contributed by atoms with Gasteiger partial charge in [-0.3, -0.25) is 9.59 Å². The molecule has 24 heavy (non-hydrogen) atoms. The number of hydrogen-bond acceptors (Lipinski definition) is 3. The van der Waals surface area contributed by atoms with Crippen molar-refractivity contribution in [3.63, 3.8) is 0 Å². The molecule has 2 N–H and O–H groups in total. The van der Waals surface area contributed by atoms with Crippen LogP contribution >= 0.6 is 0 Å². The van der Waals surface area contributed by atoms with E-state index >= 15 is 0 Å². The standard InChI is InChI=1S/C19H20N2O3/c1-2-20-19(23)14-24-17-11-9-16(10-12-17)21-18(22)13-8-15-6-4-3-5-7-15/h3-13H,2,14H2,1H3,(H,20,23)(H,21,22)/b13-8+. The van der Waals surface area contributed by atoms with Crippen LogP contribution in [0.3, 0.4) is 0 Å². The maximum Gasteiger partial charge on any atom is 0.257 e. The Morgan fingerprint density at radius 2 is 1.75 bits per heavy atom. The molecule has 0 aliphatic carbocycles. The minimum absolute atomic E-state index is 0.0284. The summed E-state index contributed by atoms with van der Waals surface area (Å²) >= 11 is 0. The lowest BCUT2D eigenvalue weighted by atomic mass is 10.2. The van der Waals surface area contributed by atoms with E-state index in [2.05, 4.69) is 10.6 Å². The third kappa shape index (κ3) is 5.96. The molecule has 0 saturated carbocycles. The molecule has 2 aromatic carbocycles.